The maximum atomic E-state index is 14.2. The number of thioether (sulfide) groups is 1. The molecule has 28 heavy (non-hydrogen) atoms. The number of carbonyl (C=O) groups is 2. The summed E-state index contributed by atoms with van der Waals surface area (Å²) in [5.41, 5.74) is 4.97. The fourth-order valence-electron chi connectivity index (χ4n) is 2.63. The summed E-state index contributed by atoms with van der Waals surface area (Å²) in [6.07, 6.45) is 3.28. The quantitative estimate of drug-likeness (QED) is 0.486. The molecule has 1 aliphatic rings. The molecule has 1 fully saturated rings. The van der Waals surface area contributed by atoms with E-state index >= 15 is 0 Å². The van der Waals surface area contributed by atoms with Gasteiger partial charge in [-0.25, -0.2) is 4.39 Å². The van der Waals surface area contributed by atoms with Gasteiger partial charge >= 0.3 is 5.91 Å². The molecule has 1 aromatic carbocycles. The minimum absolute atomic E-state index is 0.0144. The van der Waals surface area contributed by atoms with Gasteiger partial charge in [0.15, 0.2) is 16.7 Å². The van der Waals surface area contributed by atoms with Gasteiger partial charge in [-0.3, -0.25) is 25.0 Å². The molecule has 144 valence electrons. The number of hydrazine groups is 1. The predicted octanol–water partition coefficient (Wildman–Crippen LogP) is 2.57. The minimum Gasteiger partial charge on any atom is -0.459 e. The molecule has 3 aromatic rings. The number of furan rings is 1. The Hall–Kier alpha value is -3.14. The summed E-state index contributed by atoms with van der Waals surface area (Å²) in [5, 5.41) is 8.80. The molecule has 2 aromatic heterocycles. The zero-order valence-electron chi connectivity index (χ0n) is 14.6. The van der Waals surface area contributed by atoms with Gasteiger partial charge in [-0.05, 0) is 37.1 Å². The van der Waals surface area contributed by atoms with E-state index in [4.69, 9.17) is 4.42 Å². The van der Waals surface area contributed by atoms with Crippen molar-refractivity contribution in [1.82, 2.24) is 25.6 Å². The molecule has 0 bridgehead atoms. The summed E-state index contributed by atoms with van der Waals surface area (Å²) >= 11 is 1.17. The Balaban J connectivity index is 1.40. The SMILES string of the molecule is O=C(CSc1nnc(-c2ccccc2F)n1C1CC1)NNC(=O)c1ccco1. The number of aromatic nitrogens is 3. The Morgan fingerprint density at radius 2 is 2.00 bits per heavy atom. The van der Waals surface area contributed by atoms with Crippen molar-refractivity contribution in [2.24, 2.45) is 0 Å². The Labute approximate surface area is 163 Å². The molecule has 10 heteroatoms. The van der Waals surface area contributed by atoms with Gasteiger partial charge in [-0.15, -0.1) is 10.2 Å². The monoisotopic (exact) mass is 401 g/mol. The van der Waals surface area contributed by atoms with Crippen LogP contribution in [0.3, 0.4) is 0 Å². The lowest BCUT2D eigenvalue weighted by molar-refractivity contribution is -0.119. The number of nitrogens with one attached hydrogen (secondary N) is 2. The first-order valence-corrected chi connectivity index (χ1v) is 9.57. The van der Waals surface area contributed by atoms with Crippen LogP contribution >= 0.6 is 11.8 Å². The molecular formula is C18H16FN5O3S. The summed E-state index contributed by atoms with van der Waals surface area (Å²) in [4.78, 5) is 23.8. The van der Waals surface area contributed by atoms with Crippen molar-refractivity contribution in [2.45, 2.75) is 24.0 Å². The zero-order chi connectivity index (χ0) is 19.5. The summed E-state index contributed by atoms with van der Waals surface area (Å²) < 4.78 is 21.0. The zero-order valence-corrected chi connectivity index (χ0v) is 15.4. The number of hydrogen-bond donors (Lipinski definition) is 2. The molecule has 2 N–H and O–H groups in total. The second-order valence-corrected chi connectivity index (χ2v) is 7.10. The highest BCUT2D eigenvalue weighted by molar-refractivity contribution is 7.99. The van der Waals surface area contributed by atoms with Crippen molar-refractivity contribution >= 4 is 23.6 Å². The Bertz CT molecular complexity index is 1000. The third-order valence-corrected chi connectivity index (χ3v) is 5.03. The van der Waals surface area contributed by atoms with Gasteiger partial charge in [0.2, 0.25) is 5.91 Å². The van der Waals surface area contributed by atoms with E-state index in [1.54, 1.807) is 24.3 Å². The molecule has 1 aliphatic carbocycles. The number of carbonyl (C=O) groups excluding carboxylic acids is 2. The van der Waals surface area contributed by atoms with Crippen LogP contribution in [0.2, 0.25) is 0 Å². The summed E-state index contributed by atoms with van der Waals surface area (Å²) in [7, 11) is 0. The summed E-state index contributed by atoms with van der Waals surface area (Å²) in [6, 6.07) is 9.66. The lowest BCUT2D eigenvalue weighted by atomic mass is 10.2. The van der Waals surface area contributed by atoms with Crippen molar-refractivity contribution in [3.05, 3.63) is 54.2 Å². The van der Waals surface area contributed by atoms with Crippen molar-refractivity contribution < 1.29 is 18.4 Å². The van der Waals surface area contributed by atoms with E-state index in [1.165, 1.54) is 30.2 Å². The molecule has 0 saturated heterocycles. The van der Waals surface area contributed by atoms with Crippen LogP contribution in [0.4, 0.5) is 4.39 Å². The molecule has 0 atom stereocenters. The van der Waals surface area contributed by atoms with Gasteiger partial charge in [-0.1, -0.05) is 23.9 Å². The van der Waals surface area contributed by atoms with Crippen molar-refractivity contribution in [1.29, 1.82) is 0 Å². The maximum absolute atomic E-state index is 14.2. The first-order valence-electron chi connectivity index (χ1n) is 8.59. The van der Waals surface area contributed by atoms with Crippen LogP contribution in [0.15, 0.2) is 52.2 Å². The van der Waals surface area contributed by atoms with Crippen molar-refractivity contribution in [2.75, 3.05) is 5.75 Å². The van der Waals surface area contributed by atoms with Crippen molar-refractivity contribution in [3.8, 4) is 11.4 Å². The third-order valence-electron chi connectivity index (χ3n) is 4.08. The second-order valence-electron chi connectivity index (χ2n) is 6.16. The third kappa shape index (κ3) is 3.91. The van der Waals surface area contributed by atoms with E-state index in [0.717, 1.165) is 12.8 Å². The Kier molecular flexibility index (Phi) is 5.11. The molecule has 0 spiro atoms. The largest absolute Gasteiger partial charge is 0.459 e. The molecule has 0 aliphatic heterocycles. The fourth-order valence-corrected chi connectivity index (χ4v) is 3.43. The Morgan fingerprint density at radius 1 is 1.18 bits per heavy atom. The van der Waals surface area contributed by atoms with Crippen LogP contribution in [-0.2, 0) is 4.79 Å². The maximum Gasteiger partial charge on any atom is 0.305 e. The van der Waals surface area contributed by atoms with Gasteiger partial charge in [0.1, 0.15) is 5.82 Å². The van der Waals surface area contributed by atoms with Crippen LogP contribution < -0.4 is 10.9 Å². The van der Waals surface area contributed by atoms with Gasteiger partial charge in [0.05, 0.1) is 17.6 Å². The lowest BCUT2D eigenvalue weighted by Crippen LogP contribution is -2.42. The van der Waals surface area contributed by atoms with Gasteiger partial charge in [0, 0.05) is 6.04 Å². The number of hydrogen-bond acceptors (Lipinski definition) is 6. The first kappa shape index (κ1) is 18.2. The standard InChI is InChI=1S/C18H16FN5O3S/c19-13-5-2-1-4-12(13)16-21-23-18(24(16)11-7-8-11)28-10-15(25)20-22-17(26)14-6-3-9-27-14/h1-6,9,11H,7-8,10H2,(H,20,25)(H,22,26). The number of rotatable bonds is 6. The number of amides is 2. The van der Waals surface area contributed by atoms with Gasteiger partial charge < -0.3 is 4.42 Å². The normalized spacial score (nSPS) is 13.3. The first-order chi connectivity index (χ1) is 13.6. The van der Waals surface area contributed by atoms with Gasteiger partial charge in [0.25, 0.3) is 0 Å². The fraction of sp³-hybridized carbons (Fsp3) is 0.222. The van der Waals surface area contributed by atoms with E-state index in [9.17, 15) is 14.0 Å². The number of halogens is 1. The van der Waals surface area contributed by atoms with Gasteiger partial charge in [-0.2, -0.15) is 0 Å². The van der Waals surface area contributed by atoms with Crippen LogP contribution in [0.5, 0.6) is 0 Å². The van der Waals surface area contributed by atoms with Crippen molar-refractivity contribution in [3.63, 3.8) is 0 Å². The lowest BCUT2D eigenvalue weighted by Gasteiger charge is -2.09. The molecular weight excluding hydrogens is 385 g/mol. The Morgan fingerprint density at radius 3 is 2.71 bits per heavy atom. The van der Waals surface area contributed by atoms with E-state index in [2.05, 4.69) is 21.0 Å². The van der Waals surface area contributed by atoms with Crippen LogP contribution in [0.25, 0.3) is 11.4 Å². The molecule has 2 amide bonds. The molecule has 1 saturated carbocycles. The predicted molar refractivity (Wildman–Crippen MR) is 98.7 cm³/mol. The molecule has 2 heterocycles. The molecule has 4 rings (SSSR count). The average Bonchev–Trinajstić information content (AvgIpc) is 3.21. The number of nitrogens with zero attached hydrogens (tertiary/aromatic N) is 3. The average molecular weight is 401 g/mol. The van der Waals surface area contributed by atoms with E-state index in [0.29, 0.717) is 16.5 Å². The van der Waals surface area contributed by atoms with E-state index in [-0.39, 0.29) is 23.4 Å². The summed E-state index contributed by atoms with van der Waals surface area (Å²) in [5.74, 6) is -0.771. The highest BCUT2D eigenvalue weighted by Crippen LogP contribution is 2.41. The van der Waals surface area contributed by atoms with E-state index in [1.807, 2.05) is 4.57 Å². The molecule has 0 unspecified atom stereocenters. The summed E-state index contributed by atoms with van der Waals surface area (Å²) in [6.45, 7) is 0. The topological polar surface area (TPSA) is 102 Å². The highest BCUT2D eigenvalue weighted by atomic mass is 32.2. The number of benzene rings is 1. The molecule has 0 radical (unpaired) electrons. The highest BCUT2D eigenvalue weighted by Gasteiger charge is 2.31. The van der Waals surface area contributed by atoms with Crippen LogP contribution in [0.1, 0.15) is 29.4 Å². The second kappa shape index (κ2) is 7.85. The van der Waals surface area contributed by atoms with Crippen LogP contribution in [0, 0.1) is 5.82 Å². The van der Waals surface area contributed by atoms with Crippen LogP contribution in [-0.4, -0.2) is 32.3 Å². The minimum atomic E-state index is -0.550. The molecule has 8 nitrogen and oxygen atoms in total. The van der Waals surface area contributed by atoms with E-state index < -0.39 is 11.8 Å². The smallest absolute Gasteiger partial charge is 0.305 e.